The second-order valence-corrected chi connectivity index (χ2v) is 6.69. The smallest absolute Gasteiger partial charge is 0.136 e. The van der Waals surface area contributed by atoms with Crippen LogP contribution in [0.4, 0.5) is 8.78 Å². The molecule has 0 aliphatic rings. The molecular weight excluding hydrogens is 340 g/mol. The van der Waals surface area contributed by atoms with E-state index in [9.17, 15) is 8.78 Å². The maximum Gasteiger partial charge on any atom is 0.136 e. The third-order valence-corrected chi connectivity index (χ3v) is 5.54. The van der Waals surface area contributed by atoms with E-state index in [0.29, 0.717) is 6.54 Å². The quantitative estimate of drug-likeness (QED) is 0.817. The van der Waals surface area contributed by atoms with Crippen molar-refractivity contribution in [3.63, 3.8) is 0 Å². The molecule has 0 fully saturated rings. The molecule has 1 aromatic heterocycles. The second-order valence-electron chi connectivity index (χ2n) is 3.58. The molecule has 18 heavy (non-hydrogen) atoms. The number of thioether (sulfide) groups is 1. The average molecular weight is 350 g/mol. The highest BCUT2D eigenvalue weighted by Gasteiger charge is 2.16. The monoisotopic (exact) mass is 349 g/mol. The molecule has 0 aliphatic heterocycles. The van der Waals surface area contributed by atoms with Crippen LogP contribution in [0.1, 0.15) is 10.1 Å². The van der Waals surface area contributed by atoms with Crippen molar-refractivity contribution >= 4 is 39.0 Å². The minimum atomic E-state index is -0.443. The molecule has 1 heterocycles. The highest BCUT2D eigenvalue weighted by atomic mass is 79.9. The molecule has 0 saturated carbocycles. The first kappa shape index (κ1) is 14.0. The average Bonchev–Trinajstić information content (AvgIpc) is 2.77. The van der Waals surface area contributed by atoms with E-state index in [0.717, 1.165) is 21.5 Å². The minimum absolute atomic E-state index is 0.0717. The Balaban J connectivity index is 2.22. The standard InChI is InChI=1S/C12H10BrF2NS2/c13-7-3-11(17-6-7)12(5-16)18-10-4-8(14)1-2-9(10)15/h1-4,6,12H,5,16H2. The van der Waals surface area contributed by atoms with Gasteiger partial charge < -0.3 is 5.73 Å². The van der Waals surface area contributed by atoms with Crippen LogP contribution in [0.3, 0.4) is 0 Å². The SMILES string of the molecule is NCC(Sc1cc(F)ccc1F)c1cc(Br)cs1. The predicted molar refractivity (Wildman–Crippen MR) is 76.0 cm³/mol. The topological polar surface area (TPSA) is 26.0 Å². The van der Waals surface area contributed by atoms with E-state index in [1.807, 2.05) is 11.4 Å². The van der Waals surface area contributed by atoms with Gasteiger partial charge in [0.05, 0.1) is 5.25 Å². The Morgan fingerprint density at radius 1 is 1.33 bits per heavy atom. The van der Waals surface area contributed by atoms with Gasteiger partial charge in [0.1, 0.15) is 11.6 Å². The molecular formula is C12H10BrF2NS2. The van der Waals surface area contributed by atoms with E-state index in [1.54, 1.807) is 11.3 Å². The summed E-state index contributed by atoms with van der Waals surface area (Å²) in [5.74, 6) is -0.863. The largest absolute Gasteiger partial charge is 0.329 e. The Bertz CT molecular complexity index is 545. The van der Waals surface area contributed by atoms with E-state index >= 15 is 0 Å². The summed E-state index contributed by atoms with van der Waals surface area (Å²) < 4.78 is 27.6. The number of rotatable bonds is 4. The molecule has 0 amide bonds. The molecule has 96 valence electrons. The molecule has 0 bridgehead atoms. The van der Waals surface area contributed by atoms with Gasteiger partial charge in [0.2, 0.25) is 0 Å². The lowest BCUT2D eigenvalue weighted by Gasteiger charge is -2.13. The van der Waals surface area contributed by atoms with Gasteiger partial charge in [-0.1, -0.05) is 0 Å². The van der Waals surface area contributed by atoms with Crippen LogP contribution in [0.25, 0.3) is 0 Å². The van der Waals surface area contributed by atoms with Gasteiger partial charge in [-0.15, -0.1) is 23.1 Å². The summed E-state index contributed by atoms with van der Waals surface area (Å²) in [5.41, 5.74) is 5.70. The molecule has 1 aromatic carbocycles. The van der Waals surface area contributed by atoms with Gasteiger partial charge in [0, 0.05) is 26.2 Å². The highest BCUT2D eigenvalue weighted by Crippen LogP contribution is 2.39. The summed E-state index contributed by atoms with van der Waals surface area (Å²) in [5, 5.41) is 1.87. The molecule has 0 radical (unpaired) electrons. The molecule has 6 heteroatoms. The highest BCUT2D eigenvalue weighted by molar-refractivity contribution is 9.10. The summed E-state index contributed by atoms with van der Waals surface area (Å²) in [6, 6.07) is 5.39. The van der Waals surface area contributed by atoms with Crippen molar-refractivity contribution in [2.75, 3.05) is 6.54 Å². The number of benzene rings is 1. The van der Waals surface area contributed by atoms with Gasteiger partial charge in [-0.05, 0) is 40.2 Å². The fourth-order valence-corrected chi connectivity index (χ4v) is 4.14. The lowest BCUT2D eigenvalue weighted by Crippen LogP contribution is -2.08. The summed E-state index contributed by atoms with van der Waals surface area (Å²) in [7, 11) is 0. The van der Waals surface area contributed by atoms with Gasteiger partial charge in [0.25, 0.3) is 0 Å². The zero-order valence-electron chi connectivity index (χ0n) is 9.20. The second kappa shape index (κ2) is 6.14. The van der Waals surface area contributed by atoms with Crippen LogP contribution in [0.5, 0.6) is 0 Å². The van der Waals surface area contributed by atoms with Crippen LogP contribution in [0.15, 0.2) is 39.0 Å². The number of hydrogen-bond acceptors (Lipinski definition) is 3. The van der Waals surface area contributed by atoms with Crippen molar-refractivity contribution in [3.05, 3.63) is 50.6 Å². The van der Waals surface area contributed by atoms with Crippen LogP contribution in [0.2, 0.25) is 0 Å². The number of thiophene rings is 1. The molecule has 1 atom stereocenters. The summed E-state index contributed by atoms with van der Waals surface area (Å²) in [4.78, 5) is 1.33. The van der Waals surface area contributed by atoms with Gasteiger partial charge in [0.15, 0.2) is 0 Å². The zero-order valence-corrected chi connectivity index (χ0v) is 12.4. The molecule has 1 nitrogen and oxygen atoms in total. The molecule has 0 spiro atoms. The fraction of sp³-hybridized carbons (Fsp3) is 0.167. The van der Waals surface area contributed by atoms with Crippen molar-refractivity contribution in [3.8, 4) is 0 Å². The third-order valence-electron chi connectivity index (χ3n) is 2.28. The lowest BCUT2D eigenvalue weighted by molar-refractivity contribution is 0.576. The normalized spacial score (nSPS) is 12.7. The summed E-state index contributed by atoms with van der Waals surface area (Å²) in [6.45, 7) is 0.369. The number of nitrogens with two attached hydrogens (primary N) is 1. The van der Waals surface area contributed by atoms with Crippen LogP contribution in [0, 0.1) is 11.6 Å². The molecule has 2 N–H and O–H groups in total. The summed E-state index contributed by atoms with van der Waals surface area (Å²) in [6.07, 6.45) is 0. The van der Waals surface area contributed by atoms with Crippen LogP contribution < -0.4 is 5.73 Å². The Morgan fingerprint density at radius 2 is 2.11 bits per heavy atom. The van der Waals surface area contributed by atoms with E-state index in [-0.39, 0.29) is 10.1 Å². The molecule has 2 rings (SSSR count). The minimum Gasteiger partial charge on any atom is -0.329 e. The predicted octanol–water partition coefficient (Wildman–Crippen LogP) is 4.58. The van der Waals surface area contributed by atoms with E-state index in [4.69, 9.17) is 5.73 Å². The van der Waals surface area contributed by atoms with E-state index in [2.05, 4.69) is 15.9 Å². The maximum absolute atomic E-state index is 13.6. The maximum atomic E-state index is 13.6. The number of halogens is 3. The van der Waals surface area contributed by atoms with Gasteiger partial charge in [-0.2, -0.15) is 0 Å². The van der Waals surface area contributed by atoms with Crippen molar-refractivity contribution in [2.24, 2.45) is 5.73 Å². The number of hydrogen-bond donors (Lipinski definition) is 1. The van der Waals surface area contributed by atoms with Crippen molar-refractivity contribution < 1.29 is 8.78 Å². The van der Waals surface area contributed by atoms with Gasteiger partial charge >= 0.3 is 0 Å². The van der Waals surface area contributed by atoms with Crippen LogP contribution >= 0.6 is 39.0 Å². The van der Waals surface area contributed by atoms with E-state index in [1.165, 1.54) is 17.8 Å². The van der Waals surface area contributed by atoms with Crippen LogP contribution in [-0.4, -0.2) is 6.54 Å². The first-order chi connectivity index (χ1) is 8.60. The summed E-state index contributed by atoms with van der Waals surface area (Å²) >= 11 is 6.16. The van der Waals surface area contributed by atoms with Crippen molar-refractivity contribution in [2.45, 2.75) is 10.1 Å². The first-order valence-corrected chi connectivity index (χ1v) is 7.71. The molecule has 2 aromatic rings. The fourth-order valence-electron chi connectivity index (χ4n) is 1.44. The van der Waals surface area contributed by atoms with E-state index < -0.39 is 11.6 Å². The molecule has 1 unspecified atom stereocenters. The van der Waals surface area contributed by atoms with Gasteiger partial charge in [-0.25, -0.2) is 8.78 Å². The van der Waals surface area contributed by atoms with Crippen molar-refractivity contribution in [1.29, 1.82) is 0 Å². The molecule has 0 aliphatic carbocycles. The zero-order chi connectivity index (χ0) is 13.1. The Kier molecular flexibility index (Phi) is 4.77. The first-order valence-electron chi connectivity index (χ1n) is 5.16. The Hall–Kier alpha value is -0.430. The van der Waals surface area contributed by atoms with Crippen LogP contribution in [-0.2, 0) is 0 Å². The molecule has 0 saturated heterocycles. The third kappa shape index (κ3) is 3.32. The van der Waals surface area contributed by atoms with Gasteiger partial charge in [-0.3, -0.25) is 0 Å². The Labute approximate surface area is 121 Å². The Morgan fingerprint density at radius 3 is 2.72 bits per heavy atom. The van der Waals surface area contributed by atoms with Crippen molar-refractivity contribution in [1.82, 2.24) is 0 Å². The lowest BCUT2D eigenvalue weighted by atomic mass is 10.3.